The lowest BCUT2D eigenvalue weighted by Gasteiger charge is -2.35. The van der Waals surface area contributed by atoms with E-state index < -0.39 is 11.1 Å². The second-order valence-corrected chi connectivity index (χ2v) is 9.18. The highest BCUT2D eigenvalue weighted by atomic mass is 16.3. The molecule has 2 N–H and O–H groups in total. The van der Waals surface area contributed by atoms with Crippen molar-refractivity contribution in [2.24, 2.45) is 9.98 Å². The minimum atomic E-state index is -0.586. The Balaban J connectivity index is 3.10. The van der Waals surface area contributed by atoms with Crippen LogP contribution >= 0.6 is 0 Å². The third-order valence-electron chi connectivity index (χ3n) is 6.41. The smallest absolute Gasteiger partial charge is 0.126 e. The van der Waals surface area contributed by atoms with Crippen LogP contribution in [-0.2, 0) is 0 Å². The van der Waals surface area contributed by atoms with Gasteiger partial charge in [-0.1, -0.05) is 6.58 Å². The van der Waals surface area contributed by atoms with E-state index in [0.717, 1.165) is 31.9 Å². The third-order valence-corrected chi connectivity index (χ3v) is 6.41. The van der Waals surface area contributed by atoms with E-state index in [0.29, 0.717) is 11.1 Å². The zero-order valence-corrected chi connectivity index (χ0v) is 22.3. The zero-order chi connectivity index (χ0) is 25.9. The Morgan fingerprint density at radius 1 is 0.971 bits per heavy atom. The molecule has 0 saturated carbocycles. The van der Waals surface area contributed by atoms with Gasteiger partial charge in [-0.25, -0.2) is 0 Å². The van der Waals surface area contributed by atoms with Crippen molar-refractivity contribution >= 4 is 18.1 Å². The lowest BCUT2D eigenvalue weighted by atomic mass is 9.83. The Morgan fingerprint density at radius 3 is 2.06 bits per heavy atom. The van der Waals surface area contributed by atoms with Crippen LogP contribution < -0.4 is 4.90 Å². The summed E-state index contributed by atoms with van der Waals surface area (Å²) in [4.78, 5) is 13.8. The maximum atomic E-state index is 10.5. The van der Waals surface area contributed by atoms with E-state index in [-0.39, 0.29) is 11.5 Å². The number of phenols is 1. The first-order valence-corrected chi connectivity index (χ1v) is 12.1. The molecule has 0 atom stereocenters. The maximum Gasteiger partial charge on any atom is 0.126 e. The predicted octanol–water partition coefficient (Wildman–Crippen LogP) is 6.14. The van der Waals surface area contributed by atoms with Crippen LogP contribution in [0.2, 0.25) is 0 Å². The first kappa shape index (κ1) is 29.0. The van der Waals surface area contributed by atoms with Gasteiger partial charge in [0.2, 0.25) is 0 Å². The molecule has 188 valence electrons. The summed E-state index contributed by atoms with van der Waals surface area (Å²) in [6.07, 6.45) is 9.01. The van der Waals surface area contributed by atoms with Crippen molar-refractivity contribution < 1.29 is 10.2 Å². The molecule has 0 heterocycles. The summed E-state index contributed by atoms with van der Waals surface area (Å²) in [5.41, 5.74) is 1.03. The molecule has 0 aliphatic heterocycles. The molecule has 34 heavy (non-hydrogen) atoms. The summed E-state index contributed by atoms with van der Waals surface area (Å²) in [6.45, 7) is 23.6. The number of hydrogen-bond acceptors (Lipinski definition) is 6. The van der Waals surface area contributed by atoms with E-state index in [1.165, 1.54) is 0 Å². The standard InChI is InChI=1S/C28H44N4O2/c1-10-31(11-2)18-14-15-23(22(5)33)20-29-27(6,7)28(8,9)30-21-24-16-17-25(19-26(24)34)32(12-3)13-4/h14-21,33-34H,5,10-13H2,1-4,6-9H3/b18-14+,23-15-,29-20?,30-21?. The molecule has 0 amide bonds. The van der Waals surface area contributed by atoms with Gasteiger partial charge in [0.25, 0.3) is 0 Å². The van der Waals surface area contributed by atoms with Crippen LogP contribution in [0, 0.1) is 0 Å². The van der Waals surface area contributed by atoms with E-state index in [1.54, 1.807) is 24.6 Å². The topological polar surface area (TPSA) is 71.7 Å². The number of benzene rings is 1. The molecular weight excluding hydrogens is 424 g/mol. The molecule has 6 heteroatoms. The summed E-state index contributed by atoms with van der Waals surface area (Å²) >= 11 is 0. The Bertz CT molecular complexity index is 918. The highest BCUT2D eigenvalue weighted by molar-refractivity contribution is 5.85. The Labute approximate surface area is 206 Å². The van der Waals surface area contributed by atoms with E-state index >= 15 is 0 Å². The normalized spacial score (nSPS) is 13.4. The minimum Gasteiger partial charge on any atom is -0.508 e. The number of nitrogens with zero attached hydrogens (tertiary/aromatic N) is 4. The van der Waals surface area contributed by atoms with E-state index in [2.05, 4.69) is 44.1 Å². The SMILES string of the molecule is C=C(O)/C(C=NC(C)(C)C(C)(C)N=Cc1ccc(N(CC)CC)cc1O)=C\C=C\N(CC)CC. The number of rotatable bonds is 13. The van der Waals surface area contributed by atoms with Gasteiger partial charge in [0.05, 0.1) is 11.1 Å². The number of anilines is 1. The van der Waals surface area contributed by atoms with Gasteiger partial charge in [-0.3, -0.25) is 9.98 Å². The first-order chi connectivity index (χ1) is 15.9. The molecule has 0 bridgehead atoms. The lowest BCUT2D eigenvalue weighted by molar-refractivity contribution is 0.317. The van der Waals surface area contributed by atoms with E-state index in [1.807, 2.05) is 52.1 Å². The highest BCUT2D eigenvalue weighted by Crippen LogP contribution is 2.30. The fourth-order valence-electron chi connectivity index (χ4n) is 3.12. The molecule has 0 radical (unpaired) electrons. The van der Waals surface area contributed by atoms with Gasteiger partial charge in [0, 0.05) is 61.5 Å². The van der Waals surface area contributed by atoms with Gasteiger partial charge >= 0.3 is 0 Å². The van der Waals surface area contributed by atoms with E-state index in [4.69, 9.17) is 9.98 Å². The second kappa shape index (κ2) is 13.0. The number of allylic oxidation sites excluding steroid dienone is 3. The van der Waals surface area contributed by atoms with Gasteiger partial charge in [0.15, 0.2) is 0 Å². The summed E-state index contributed by atoms with van der Waals surface area (Å²) in [7, 11) is 0. The van der Waals surface area contributed by atoms with Crippen molar-refractivity contribution in [2.45, 2.75) is 66.5 Å². The third kappa shape index (κ3) is 8.08. The van der Waals surface area contributed by atoms with Crippen LogP contribution in [0.3, 0.4) is 0 Å². The van der Waals surface area contributed by atoms with Gasteiger partial charge in [-0.05, 0) is 85.9 Å². The highest BCUT2D eigenvalue weighted by Gasteiger charge is 2.35. The number of hydrogen-bond donors (Lipinski definition) is 2. The van der Waals surface area contributed by atoms with Crippen molar-refractivity contribution in [2.75, 3.05) is 31.1 Å². The molecule has 0 aliphatic rings. The number of aliphatic hydroxyl groups is 1. The van der Waals surface area contributed by atoms with Crippen LogP contribution in [0.1, 0.15) is 61.0 Å². The van der Waals surface area contributed by atoms with Crippen molar-refractivity contribution in [1.82, 2.24) is 4.90 Å². The van der Waals surface area contributed by atoms with Gasteiger partial charge in [-0.2, -0.15) is 0 Å². The van der Waals surface area contributed by atoms with Crippen molar-refractivity contribution in [1.29, 1.82) is 0 Å². The van der Waals surface area contributed by atoms with Crippen LogP contribution in [-0.4, -0.2) is 64.8 Å². The molecule has 1 aromatic carbocycles. The van der Waals surface area contributed by atoms with Crippen molar-refractivity contribution in [3.8, 4) is 5.75 Å². The number of aliphatic hydroxyl groups excluding tert-OH is 1. The average molecular weight is 469 g/mol. The molecule has 6 nitrogen and oxygen atoms in total. The van der Waals surface area contributed by atoms with Gasteiger partial charge in [0.1, 0.15) is 11.5 Å². The molecule has 1 rings (SSSR count). The predicted molar refractivity (Wildman–Crippen MR) is 148 cm³/mol. The largest absolute Gasteiger partial charge is 0.508 e. The Hall–Kier alpha value is -3.02. The molecule has 0 saturated heterocycles. The molecule has 0 fully saturated rings. The number of aromatic hydroxyl groups is 1. The fourth-order valence-corrected chi connectivity index (χ4v) is 3.12. The second-order valence-electron chi connectivity index (χ2n) is 9.18. The first-order valence-electron chi connectivity index (χ1n) is 12.1. The zero-order valence-electron chi connectivity index (χ0n) is 22.3. The quantitative estimate of drug-likeness (QED) is 0.207. The maximum absolute atomic E-state index is 10.5. The fraction of sp³-hybridized carbons (Fsp3) is 0.500. The van der Waals surface area contributed by atoms with Gasteiger partial charge < -0.3 is 20.0 Å². The average Bonchev–Trinajstić information content (AvgIpc) is 2.78. The molecule has 0 aliphatic carbocycles. The van der Waals surface area contributed by atoms with Crippen LogP contribution in [0.15, 0.2) is 64.4 Å². The summed E-state index contributed by atoms with van der Waals surface area (Å²) < 4.78 is 0. The Kier molecular flexibility index (Phi) is 11.1. The number of phenolic OH excluding ortho intramolecular Hbond substituents is 1. The molecule has 0 unspecified atom stereocenters. The monoisotopic (exact) mass is 468 g/mol. The van der Waals surface area contributed by atoms with Crippen LogP contribution in [0.25, 0.3) is 0 Å². The van der Waals surface area contributed by atoms with Crippen LogP contribution in [0.5, 0.6) is 5.75 Å². The molecule has 0 spiro atoms. The number of aliphatic imine (C=N–C) groups is 2. The summed E-state index contributed by atoms with van der Waals surface area (Å²) in [5, 5.41) is 20.5. The van der Waals surface area contributed by atoms with Crippen LogP contribution in [0.4, 0.5) is 5.69 Å². The lowest BCUT2D eigenvalue weighted by Crippen LogP contribution is -2.42. The molecular formula is C28H44N4O2. The minimum absolute atomic E-state index is 0.0386. The van der Waals surface area contributed by atoms with Crippen molar-refractivity contribution in [3.05, 3.63) is 60.0 Å². The van der Waals surface area contributed by atoms with E-state index in [9.17, 15) is 10.2 Å². The summed E-state index contributed by atoms with van der Waals surface area (Å²) in [5.74, 6) is 0.162. The van der Waals surface area contributed by atoms with Crippen molar-refractivity contribution in [3.63, 3.8) is 0 Å². The van der Waals surface area contributed by atoms with Gasteiger partial charge in [-0.15, -0.1) is 0 Å². The Morgan fingerprint density at radius 2 is 1.56 bits per heavy atom. The molecule has 1 aromatic rings. The molecule has 0 aromatic heterocycles. The summed E-state index contributed by atoms with van der Waals surface area (Å²) in [6, 6.07) is 5.66.